The molecule has 1 saturated heterocycles. The van der Waals surface area contributed by atoms with E-state index in [-0.39, 0.29) is 22.3 Å². The zero-order valence-electron chi connectivity index (χ0n) is 12.1. The van der Waals surface area contributed by atoms with Gasteiger partial charge in [0.25, 0.3) is 0 Å². The van der Waals surface area contributed by atoms with Gasteiger partial charge in [0, 0.05) is 24.4 Å². The lowest BCUT2D eigenvalue weighted by Crippen LogP contribution is -2.40. The number of ether oxygens (including phenoxy) is 1. The Labute approximate surface area is 128 Å². The van der Waals surface area contributed by atoms with Crippen molar-refractivity contribution in [3.05, 3.63) is 17.0 Å². The Bertz CT molecular complexity index is 591. The number of carbonyl (C=O) groups is 1. The van der Waals surface area contributed by atoms with Crippen LogP contribution in [0.15, 0.2) is 16.3 Å². The van der Waals surface area contributed by atoms with Gasteiger partial charge in [-0.15, -0.1) is 11.3 Å². The van der Waals surface area contributed by atoms with Crippen molar-refractivity contribution in [2.75, 3.05) is 6.61 Å². The average Bonchev–Trinajstić information content (AvgIpc) is 3.07. The highest BCUT2D eigenvalue weighted by atomic mass is 32.2. The molecule has 8 heteroatoms. The van der Waals surface area contributed by atoms with Crippen molar-refractivity contribution in [3.8, 4) is 0 Å². The van der Waals surface area contributed by atoms with Crippen LogP contribution < -0.4 is 10.0 Å². The maximum atomic E-state index is 12.3. The van der Waals surface area contributed by atoms with E-state index in [1.807, 2.05) is 6.92 Å². The van der Waals surface area contributed by atoms with Crippen LogP contribution in [0.1, 0.15) is 31.6 Å². The van der Waals surface area contributed by atoms with Gasteiger partial charge in [-0.1, -0.05) is 0 Å². The second kappa shape index (κ2) is 6.87. The Morgan fingerprint density at radius 1 is 1.52 bits per heavy atom. The highest BCUT2D eigenvalue weighted by Gasteiger charge is 2.27. The fraction of sp³-hybridized carbons (Fsp3) is 0.615. The number of rotatable bonds is 6. The summed E-state index contributed by atoms with van der Waals surface area (Å²) in [5.41, 5.74) is 0. The topological polar surface area (TPSA) is 84.5 Å². The summed E-state index contributed by atoms with van der Waals surface area (Å²) in [6.45, 7) is 4.28. The van der Waals surface area contributed by atoms with Crippen molar-refractivity contribution in [2.45, 2.75) is 49.6 Å². The normalized spacial score (nSPS) is 20.4. The lowest BCUT2D eigenvalue weighted by atomic mass is 10.1. The van der Waals surface area contributed by atoms with E-state index in [4.69, 9.17) is 4.74 Å². The number of amides is 1. The van der Waals surface area contributed by atoms with Gasteiger partial charge in [0.15, 0.2) is 0 Å². The van der Waals surface area contributed by atoms with Crippen LogP contribution >= 0.6 is 11.3 Å². The second-order valence-electron chi connectivity index (χ2n) is 5.09. The predicted octanol–water partition coefficient (Wildman–Crippen LogP) is 1.23. The van der Waals surface area contributed by atoms with Crippen LogP contribution in [0.25, 0.3) is 0 Å². The molecular weight excluding hydrogens is 312 g/mol. The zero-order chi connectivity index (χ0) is 15.5. The molecule has 0 bridgehead atoms. The minimum atomic E-state index is -3.54. The van der Waals surface area contributed by atoms with Gasteiger partial charge in [-0.2, -0.15) is 0 Å². The van der Waals surface area contributed by atoms with Gasteiger partial charge in [0.1, 0.15) is 4.21 Å². The molecule has 0 saturated carbocycles. The molecule has 2 N–H and O–H groups in total. The molecule has 21 heavy (non-hydrogen) atoms. The smallest absolute Gasteiger partial charge is 0.250 e. The summed E-state index contributed by atoms with van der Waals surface area (Å²) in [5, 5.41) is 2.65. The van der Waals surface area contributed by atoms with Gasteiger partial charge in [-0.3, -0.25) is 4.79 Å². The molecule has 0 aliphatic carbocycles. The van der Waals surface area contributed by atoms with Gasteiger partial charge < -0.3 is 10.1 Å². The quantitative estimate of drug-likeness (QED) is 0.820. The molecule has 1 aliphatic rings. The van der Waals surface area contributed by atoms with Crippen LogP contribution in [0.5, 0.6) is 0 Å². The van der Waals surface area contributed by atoms with E-state index < -0.39 is 10.0 Å². The van der Waals surface area contributed by atoms with E-state index in [2.05, 4.69) is 10.0 Å². The molecule has 0 spiro atoms. The van der Waals surface area contributed by atoms with Gasteiger partial charge in [0.2, 0.25) is 15.9 Å². The van der Waals surface area contributed by atoms with Crippen LogP contribution in [0.3, 0.4) is 0 Å². The van der Waals surface area contributed by atoms with Crippen molar-refractivity contribution in [1.82, 2.24) is 10.0 Å². The number of sulfonamides is 1. The molecule has 1 amide bonds. The van der Waals surface area contributed by atoms with Crippen molar-refractivity contribution in [2.24, 2.45) is 0 Å². The standard InChI is InChI=1S/C13H20N2O4S2/c1-9(12-4-3-7-19-12)15-21(17,18)13-6-5-11(20-13)8-14-10(2)16/h5-6,9,12,15H,3-4,7-8H2,1-2H3,(H,14,16)/t9-,12-/m0/s1. The largest absolute Gasteiger partial charge is 0.377 e. The van der Waals surface area contributed by atoms with E-state index in [0.717, 1.165) is 29.1 Å². The molecule has 1 aromatic heterocycles. The minimum absolute atomic E-state index is 0.0569. The van der Waals surface area contributed by atoms with Crippen LogP contribution in [-0.2, 0) is 26.1 Å². The first-order chi connectivity index (χ1) is 9.88. The second-order valence-corrected chi connectivity index (χ2v) is 8.20. The molecule has 0 radical (unpaired) electrons. The summed E-state index contributed by atoms with van der Waals surface area (Å²) in [6, 6.07) is 3.02. The van der Waals surface area contributed by atoms with E-state index >= 15 is 0 Å². The first-order valence-corrected chi connectivity index (χ1v) is 9.15. The fourth-order valence-corrected chi connectivity index (χ4v) is 4.77. The Kier molecular flexibility index (Phi) is 5.37. The lowest BCUT2D eigenvalue weighted by Gasteiger charge is -2.19. The molecule has 6 nitrogen and oxygen atoms in total. The SMILES string of the molecule is CC(=O)NCc1ccc(S(=O)(=O)N[C@@H](C)[C@@H]2CCCO2)s1. The van der Waals surface area contributed by atoms with E-state index in [1.54, 1.807) is 12.1 Å². The molecule has 2 heterocycles. The molecule has 1 fully saturated rings. The third kappa shape index (κ3) is 4.50. The monoisotopic (exact) mass is 332 g/mol. The molecule has 0 unspecified atom stereocenters. The number of thiophene rings is 1. The third-order valence-corrected chi connectivity index (χ3v) is 6.41. The Hall–Kier alpha value is -0.960. The fourth-order valence-electron chi connectivity index (χ4n) is 2.18. The third-order valence-electron chi connectivity index (χ3n) is 3.28. The van der Waals surface area contributed by atoms with Crippen molar-refractivity contribution in [1.29, 1.82) is 0 Å². The van der Waals surface area contributed by atoms with Crippen LogP contribution in [-0.4, -0.2) is 33.1 Å². The van der Waals surface area contributed by atoms with Gasteiger partial charge in [-0.25, -0.2) is 13.1 Å². The average molecular weight is 332 g/mol. The Morgan fingerprint density at radius 3 is 2.90 bits per heavy atom. The van der Waals surface area contributed by atoms with Crippen LogP contribution in [0, 0.1) is 0 Å². The molecular formula is C13H20N2O4S2. The molecule has 1 aromatic rings. The molecule has 118 valence electrons. The van der Waals surface area contributed by atoms with Crippen molar-refractivity contribution < 1.29 is 17.9 Å². The first-order valence-electron chi connectivity index (χ1n) is 6.85. The lowest BCUT2D eigenvalue weighted by molar-refractivity contribution is -0.119. The maximum Gasteiger partial charge on any atom is 0.250 e. The Balaban J connectivity index is 2.00. The number of nitrogens with one attached hydrogen (secondary N) is 2. The summed E-state index contributed by atoms with van der Waals surface area (Å²) in [6.07, 6.45) is 1.79. The van der Waals surface area contributed by atoms with E-state index in [1.165, 1.54) is 6.92 Å². The summed E-state index contributed by atoms with van der Waals surface area (Å²) >= 11 is 1.16. The van der Waals surface area contributed by atoms with E-state index in [9.17, 15) is 13.2 Å². The summed E-state index contributed by atoms with van der Waals surface area (Å²) in [4.78, 5) is 11.7. The van der Waals surface area contributed by atoms with Gasteiger partial charge >= 0.3 is 0 Å². The first kappa shape index (κ1) is 16.4. The van der Waals surface area contributed by atoms with Crippen molar-refractivity contribution >= 4 is 27.3 Å². The summed E-state index contributed by atoms with van der Waals surface area (Å²) in [5.74, 6) is -0.141. The molecule has 1 aliphatic heterocycles. The Morgan fingerprint density at radius 2 is 2.29 bits per heavy atom. The van der Waals surface area contributed by atoms with E-state index in [0.29, 0.717) is 13.2 Å². The van der Waals surface area contributed by atoms with Crippen molar-refractivity contribution in [3.63, 3.8) is 0 Å². The maximum absolute atomic E-state index is 12.3. The number of carbonyl (C=O) groups excluding carboxylic acids is 1. The molecule has 2 atom stereocenters. The highest BCUT2D eigenvalue weighted by molar-refractivity contribution is 7.91. The van der Waals surface area contributed by atoms with Gasteiger partial charge in [-0.05, 0) is 31.9 Å². The van der Waals surface area contributed by atoms with Crippen LogP contribution in [0.2, 0.25) is 0 Å². The molecule has 2 rings (SSSR count). The predicted molar refractivity (Wildman–Crippen MR) is 80.6 cm³/mol. The number of hydrogen-bond acceptors (Lipinski definition) is 5. The van der Waals surface area contributed by atoms with Crippen LogP contribution in [0.4, 0.5) is 0 Å². The summed E-state index contributed by atoms with van der Waals surface area (Å²) < 4.78 is 33.0. The molecule has 0 aromatic carbocycles. The zero-order valence-corrected chi connectivity index (χ0v) is 13.7. The van der Waals surface area contributed by atoms with Gasteiger partial charge in [0.05, 0.1) is 12.6 Å². The highest BCUT2D eigenvalue weighted by Crippen LogP contribution is 2.23. The summed E-state index contributed by atoms with van der Waals surface area (Å²) in [7, 11) is -3.54. The minimum Gasteiger partial charge on any atom is -0.377 e. The number of hydrogen-bond donors (Lipinski definition) is 2.